The molecule has 0 saturated carbocycles. The van der Waals surface area contributed by atoms with E-state index in [9.17, 15) is 9.90 Å². The van der Waals surface area contributed by atoms with E-state index in [1.807, 2.05) is 12.1 Å². The molecule has 0 aromatic heterocycles. The molecule has 0 radical (unpaired) electrons. The average Bonchev–Trinajstić information content (AvgIpc) is 2.57. The minimum Gasteiger partial charge on any atom is -0.480 e. The first-order valence-electron chi connectivity index (χ1n) is 9.43. The van der Waals surface area contributed by atoms with Gasteiger partial charge in [0, 0.05) is 19.1 Å². The summed E-state index contributed by atoms with van der Waals surface area (Å²) in [6, 6.07) is 7.87. The van der Waals surface area contributed by atoms with Crippen LogP contribution in [0.1, 0.15) is 44.2 Å². The molecule has 1 aromatic rings. The van der Waals surface area contributed by atoms with E-state index in [0.717, 1.165) is 6.54 Å². The van der Waals surface area contributed by atoms with Crippen molar-refractivity contribution in [1.82, 2.24) is 4.90 Å². The van der Waals surface area contributed by atoms with Gasteiger partial charge in [0.15, 0.2) is 0 Å². The summed E-state index contributed by atoms with van der Waals surface area (Å²) in [5.74, 6) is -0.578. The normalized spacial score (nSPS) is 19.8. The first-order chi connectivity index (χ1) is 12.2. The van der Waals surface area contributed by atoms with Gasteiger partial charge in [0.2, 0.25) is 0 Å². The largest absolute Gasteiger partial charge is 0.480 e. The summed E-state index contributed by atoms with van der Waals surface area (Å²) in [7, 11) is -1.36. The maximum Gasteiger partial charge on any atom is 0.451 e. The lowest BCUT2D eigenvalue weighted by Crippen LogP contribution is -2.65. The number of carboxylic acids is 1. The molecule has 1 aromatic carbocycles. The Balaban J connectivity index is 2.23. The van der Waals surface area contributed by atoms with Crippen molar-refractivity contribution in [3.05, 3.63) is 35.4 Å². The molecule has 1 aliphatic heterocycles. The first kappa shape index (κ1) is 20.9. The highest BCUT2D eigenvalue weighted by Gasteiger charge is 2.46. The van der Waals surface area contributed by atoms with Crippen LogP contribution < -0.4 is 5.73 Å². The van der Waals surface area contributed by atoms with Crippen LogP contribution in [-0.4, -0.2) is 51.3 Å². The molecule has 6 nitrogen and oxygen atoms in total. The number of nitrogens with two attached hydrogens (primary N) is 1. The standard InChI is InChI=1S/C19H31BN2O4/c1-14(2)12-22-13-16-8-4-3-7-15(16)11-17(22)19(21,18(23)24)9-5-6-10-20(25)26/h3-4,7-8,14,17,25-26H,5-6,9-13,21H2,1-2H3,(H,23,24). The number of nitrogens with zero attached hydrogens (tertiary/aromatic N) is 1. The van der Waals surface area contributed by atoms with Crippen LogP contribution in [-0.2, 0) is 17.8 Å². The first-order valence-corrected chi connectivity index (χ1v) is 9.43. The number of aliphatic carboxylic acids is 1. The minimum absolute atomic E-state index is 0.235. The molecule has 0 amide bonds. The molecule has 7 heteroatoms. The molecular formula is C19H31BN2O4. The van der Waals surface area contributed by atoms with Gasteiger partial charge in [-0.15, -0.1) is 0 Å². The second-order valence-corrected chi connectivity index (χ2v) is 7.88. The molecule has 1 heterocycles. The van der Waals surface area contributed by atoms with Crippen LogP contribution in [0.15, 0.2) is 24.3 Å². The Morgan fingerprint density at radius 3 is 2.54 bits per heavy atom. The molecule has 2 unspecified atom stereocenters. The quantitative estimate of drug-likeness (QED) is 0.392. The Kier molecular flexibility index (Phi) is 7.23. The molecule has 2 rings (SSSR count). The van der Waals surface area contributed by atoms with Crippen LogP contribution in [0.4, 0.5) is 0 Å². The van der Waals surface area contributed by atoms with Gasteiger partial charge in [-0.2, -0.15) is 0 Å². The van der Waals surface area contributed by atoms with E-state index in [-0.39, 0.29) is 12.4 Å². The van der Waals surface area contributed by atoms with Gasteiger partial charge in [0.25, 0.3) is 0 Å². The summed E-state index contributed by atoms with van der Waals surface area (Å²) in [5.41, 5.74) is 7.53. The van der Waals surface area contributed by atoms with Crippen LogP contribution in [0.2, 0.25) is 6.32 Å². The lowest BCUT2D eigenvalue weighted by Gasteiger charge is -2.45. The predicted octanol–water partition coefficient (Wildman–Crippen LogP) is 1.49. The molecule has 1 aliphatic rings. The monoisotopic (exact) mass is 362 g/mol. The van der Waals surface area contributed by atoms with Crippen molar-refractivity contribution >= 4 is 13.1 Å². The third-order valence-electron chi connectivity index (χ3n) is 5.24. The summed E-state index contributed by atoms with van der Waals surface area (Å²) < 4.78 is 0. The minimum atomic E-state index is -1.36. The molecule has 26 heavy (non-hydrogen) atoms. The SMILES string of the molecule is CC(C)CN1Cc2ccccc2CC1C(N)(CCCCB(O)O)C(=O)O. The van der Waals surface area contributed by atoms with E-state index in [0.29, 0.717) is 38.1 Å². The Bertz CT molecular complexity index is 611. The van der Waals surface area contributed by atoms with Crippen LogP contribution in [0.5, 0.6) is 0 Å². The highest BCUT2D eigenvalue weighted by Crippen LogP contribution is 2.32. The maximum absolute atomic E-state index is 12.1. The Morgan fingerprint density at radius 1 is 1.31 bits per heavy atom. The fourth-order valence-corrected chi connectivity index (χ4v) is 3.91. The number of benzene rings is 1. The lowest BCUT2D eigenvalue weighted by molar-refractivity contribution is -0.147. The zero-order valence-electron chi connectivity index (χ0n) is 15.8. The molecule has 0 aliphatic carbocycles. The number of unbranched alkanes of at least 4 members (excludes halogenated alkanes) is 1. The molecule has 144 valence electrons. The zero-order chi connectivity index (χ0) is 19.3. The lowest BCUT2D eigenvalue weighted by atomic mass is 9.76. The topological polar surface area (TPSA) is 107 Å². The van der Waals surface area contributed by atoms with Gasteiger partial charge in [-0.1, -0.05) is 51.0 Å². The van der Waals surface area contributed by atoms with Gasteiger partial charge in [-0.3, -0.25) is 9.69 Å². The van der Waals surface area contributed by atoms with E-state index in [4.69, 9.17) is 15.8 Å². The average molecular weight is 362 g/mol. The molecule has 0 saturated heterocycles. The van der Waals surface area contributed by atoms with Crippen LogP contribution in [0, 0.1) is 5.92 Å². The van der Waals surface area contributed by atoms with Crippen molar-refractivity contribution < 1.29 is 19.9 Å². The van der Waals surface area contributed by atoms with Crippen LogP contribution in [0.3, 0.4) is 0 Å². The summed E-state index contributed by atoms with van der Waals surface area (Å²) in [6.45, 7) is 5.75. The van der Waals surface area contributed by atoms with E-state index in [1.165, 1.54) is 11.1 Å². The van der Waals surface area contributed by atoms with E-state index in [1.54, 1.807) is 0 Å². The Morgan fingerprint density at radius 2 is 1.96 bits per heavy atom. The van der Waals surface area contributed by atoms with Gasteiger partial charge >= 0.3 is 13.1 Å². The van der Waals surface area contributed by atoms with Crippen molar-refractivity contribution in [2.24, 2.45) is 11.7 Å². The number of hydrogen-bond donors (Lipinski definition) is 4. The van der Waals surface area contributed by atoms with Gasteiger partial charge in [-0.05, 0) is 36.2 Å². The Labute approximate surface area is 156 Å². The van der Waals surface area contributed by atoms with Gasteiger partial charge in [-0.25, -0.2) is 0 Å². The van der Waals surface area contributed by atoms with Crippen molar-refractivity contribution in [1.29, 1.82) is 0 Å². The molecule has 5 N–H and O–H groups in total. The highest BCUT2D eigenvalue weighted by molar-refractivity contribution is 6.40. The van der Waals surface area contributed by atoms with Crippen LogP contribution >= 0.6 is 0 Å². The fourth-order valence-electron chi connectivity index (χ4n) is 3.91. The summed E-state index contributed by atoms with van der Waals surface area (Å²) in [4.78, 5) is 14.4. The molecular weight excluding hydrogens is 331 g/mol. The summed E-state index contributed by atoms with van der Waals surface area (Å²) in [5, 5.41) is 27.9. The van der Waals surface area contributed by atoms with Gasteiger partial charge in [0.1, 0.15) is 5.54 Å². The van der Waals surface area contributed by atoms with E-state index >= 15 is 0 Å². The molecule has 2 atom stereocenters. The number of hydrogen-bond acceptors (Lipinski definition) is 5. The number of carbonyl (C=O) groups is 1. The smallest absolute Gasteiger partial charge is 0.451 e. The summed E-state index contributed by atoms with van der Waals surface area (Å²) >= 11 is 0. The Hall–Kier alpha value is -1.41. The van der Waals surface area contributed by atoms with Crippen molar-refractivity contribution in [2.75, 3.05) is 6.54 Å². The van der Waals surface area contributed by atoms with E-state index < -0.39 is 18.6 Å². The third-order valence-corrected chi connectivity index (χ3v) is 5.24. The van der Waals surface area contributed by atoms with Gasteiger partial charge < -0.3 is 20.9 Å². The molecule has 0 spiro atoms. The second-order valence-electron chi connectivity index (χ2n) is 7.88. The fraction of sp³-hybridized carbons (Fsp3) is 0.632. The number of carboxylic acid groups (broad SMARTS) is 1. The van der Waals surface area contributed by atoms with E-state index in [2.05, 4.69) is 30.9 Å². The second kappa shape index (κ2) is 8.99. The predicted molar refractivity (Wildman–Crippen MR) is 103 cm³/mol. The van der Waals surface area contributed by atoms with Crippen molar-refractivity contribution in [3.8, 4) is 0 Å². The van der Waals surface area contributed by atoms with Crippen molar-refractivity contribution in [2.45, 2.75) is 64.0 Å². The maximum atomic E-state index is 12.1. The van der Waals surface area contributed by atoms with Crippen LogP contribution in [0.25, 0.3) is 0 Å². The third kappa shape index (κ3) is 5.07. The van der Waals surface area contributed by atoms with Gasteiger partial charge in [0.05, 0.1) is 0 Å². The number of rotatable bonds is 9. The molecule has 0 bridgehead atoms. The molecule has 0 fully saturated rings. The number of fused-ring (bicyclic) bond motifs is 1. The van der Waals surface area contributed by atoms with Crippen molar-refractivity contribution in [3.63, 3.8) is 0 Å². The highest BCUT2D eigenvalue weighted by atomic mass is 16.4. The zero-order valence-corrected chi connectivity index (χ0v) is 15.8. The summed E-state index contributed by atoms with van der Waals surface area (Å²) in [6.07, 6.45) is 2.26.